The number of rotatable bonds is 2. The number of furan rings is 1. The van der Waals surface area contributed by atoms with Gasteiger partial charge in [-0.3, -0.25) is 14.5 Å². The number of nitrogens with zero attached hydrogens (tertiary/aromatic N) is 1. The monoisotopic (exact) mass is 490 g/mol. The van der Waals surface area contributed by atoms with Crippen LogP contribution in [0.1, 0.15) is 48.8 Å². The van der Waals surface area contributed by atoms with Crippen molar-refractivity contribution in [2.75, 3.05) is 10.2 Å². The zero-order chi connectivity index (χ0) is 22.5. The standard InChI is InChI=1S/C26H23BrN2O3/c1-26(2)14-19-23(21(30)15-26)24(22-8-5-13-32-22)29(20-7-4-3-6-18(20)28-19)25(31)16-9-11-17(27)12-10-16/h3-13,24,28H,14-15H2,1-2H3. The molecule has 5 nitrogen and oxygen atoms in total. The van der Waals surface area contributed by atoms with Gasteiger partial charge in [-0.15, -0.1) is 0 Å². The second-order valence-electron chi connectivity index (χ2n) is 9.08. The summed E-state index contributed by atoms with van der Waals surface area (Å²) in [5.41, 5.74) is 3.32. The van der Waals surface area contributed by atoms with Gasteiger partial charge in [-0.25, -0.2) is 0 Å². The first-order chi connectivity index (χ1) is 15.3. The minimum absolute atomic E-state index is 0.0339. The molecule has 3 aromatic rings. The minimum atomic E-state index is -0.657. The van der Waals surface area contributed by atoms with E-state index in [1.165, 1.54) is 0 Å². The molecule has 162 valence electrons. The van der Waals surface area contributed by atoms with Crippen molar-refractivity contribution in [3.63, 3.8) is 0 Å². The predicted molar refractivity (Wildman–Crippen MR) is 128 cm³/mol. The fourth-order valence-electron chi connectivity index (χ4n) is 4.66. The summed E-state index contributed by atoms with van der Waals surface area (Å²) >= 11 is 3.43. The van der Waals surface area contributed by atoms with E-state index in [-0.39, 0.29) is 17.1 Å². The molecule has 1 amide bonds. The molecule has 2 heterocycles. The van der Waals surface area contributed by atoms with Gasteiger partial charge in [-0.05, 0) is 60.4 Å². The minimum Gasteiger partial charge on any atom is -0.467 e. The molecule has 1 aliphatic carbocycles. The fraction of sp³-hybridized carbons (Fsp3) is 0.231. The van der Waals surface area contributed by atoms with Gasteiger partial charge < -0.3 is 9.73 Å². The third-order valence-electron chi connectivity index (χ3n) is 6.02. The van der Waals surface area contributed by atoms with E-state index in [9.17, 15) is 9.59 Å². The van der Waals surface area contributed by atoms with Crippen LogP contribution >= 0.6 is 15.9 Å². The number of benzene rings is 2. The highest BCUT2D eigenvalue weighted by molar-refractivity contribution is 9.10. The third-order valence-corrected chi connectivity index (χ3v) is 6.55. The van der Waals surface area contributed by atoms with Crippen LogP contribution in [-0.4, -0.2) is 11.7 Å². The number of nitrogens with one attached hydrogen (secondary N) is 1. The molecule has 0 bridgehead atoms. The maximum atomic E-state index is 13.9. The number of amides is 1. The Kier molecular flexibility index (Phi) is 5.05. The Balaban J connectivity index is 1.76. The van der Waals surface area contributed by atoms with Crippen molar-refractivity contribution in [1.29, 1.82) is 0 Å². The van der Waals surface area contributed by atoms with E-state index in [2.05, 4.69) is 35.1 Å². The molecule has 0 saturated carbocycles. The number of carbonyl (C=O) groups is 2. The normalized spacial score (nSPS) is 19.7. The second kappa shape index (κ2) is 7.78. The molecule has 6 heteroatoms. The molecule has 0 spiro atoms. The van der Waals surface area contributed by atoms with Gasteiger partial charge in [-0.2, -0.15) is 0 Å². The number of halogens is 1. The summed E-state index contributed by atoms with van der Waals surface area (Å²) in [5, 5.41) is 3.50. The van der Waals surface area contributed by atoms with Crippen LogP contribution in [0.5, 0.6) is 0 Å². The van der Waals surface area contributed by atoms with Crippen LogP contribution in [0, 0.1) is 5.41 Å². The van der Waals surface area contributed by atoms with E-state index in [4.69, 9.17) is 4.42 Å². The Hall–Kier alpha value is -3.12. The van der Waals surface area contributed by atoms with Crippen molar-refractivity contribution in [2.45, 2.75) is 32.7 Å². The Morgan fingerprint density at radius 2 is 1.81 bits per heavy atom. The highest BCUT2D eigenvalue weighted by atomic mass is 79.9. The number of fused-ring (bicyclic) bond motifs is 1. The van der Waals surface area contributed by atoms with Gasteiger partial charge in [0.2, 0.25) is 0 Å². The van der Waals surface area contributed by atoms with Gasteiger partial charge in [-0.1, -0.05) is 41.9 Å². The molecule has 1 aliphatic heterocycles. The van der Waals surface area contributed by atoms with Gasteiger partial charge in [0.05, 0.1) is 17.6 Å². The van der Waals surface area contributed by atoms with Crippen molar-refractivity contribution >= 4 is 39.0 Å². The topological polar surface area (TPSA) is 62.6 Å². The molecule has 1 aromatic heterocycles. The lowest BCUT2D eigenvalue weighted by atomic mass is 9.74. The van der Waals surface area contributed by atoms with Crippen LogP contribution in [0.4, 0.5) is 11.4 Å². The van der Waals surface area contributed by atoms with Crippen LogP contribution in [0.25, 0.3) is 0 Å². The van der Waals surface area contributed by atoms with Crippen molar-refractivity contribution < 1.29 is 14.0 Å². The Bertz CT molecular complexity index is 1230. The average molecular weight is 491 g/mol. The van der Waals surface area contributed by atoms with Crippen LogP contribution in [0.15, 0.2) is 87.1 Å². The molecule has 0 fully saturated rings. The molecule has 1 N–H and O–H groups in total. The summed E-state index contributed by atoms with van der Waals surface area (Å²) in [4.78, 5) is 29.2. The molecular formula is C26H23BrN2O3. The average Bonchev–Trinajstić information content (AvgIpc) is 3.23. The molecule has 5 rings (SSSR count). The predicted octanol–water partition coefficient (Wildman–Crippen LogP) is 6.50. The Morgan fingerprint density at radius 1 is 1.06 bits per heavy atom. The first kappa shape index (κ1) is 20.8. The van der Waals surface area contributed by atoms with Crippen LogP contribution in [0.3, 0.4) is 0 Å². The number of anilines is 2. The van der Waals surface area contributed by atoms with E-state index < -0.39 is 6.04 Å². The lowest BCUT2D eigenvalue weighted by Gasteiger charge is -2.36. The zero-order valence-corrected chi connectivity index (χ0v) is 19.5. The molecule has 1 unspecified atom stereocenters. The van der Waals surface area contributed by atoms with Gasteiger partial charge in [0, 0.05) is 27.7 Å². The van der Waals surface area contributed by atoms with Crippen LogP contribution in [-0.2, 0) is 4.79 Å². The highest BCUT2D eigenvalue weighted by Crippen LogP contribution is 2.48. The lowest BCUT2D eigenvalue weighted by Crippen LogP contribution is -2.39. The summed E-state index contributed by atoms with van der Waals surface area (Å²) in [7, 11) is 0. The molecular weight excluding hydrogens is 468 g/mol. The third kappa shape index (κ3) is 3.58. The zero-order valence-electron chi connectivity index (χ0n) is 17.9. The number of ketones is 1. The Labute approximate surface area is 195 Å². The summed E-state index contributed by atoms with van der Waals surface area (Å²) in [6.45, 7) is 4.19. The van der Waals surface area contributed by atoms with E-state index in [1.54, 1.807) is 29.4 Å². The number of carbonyl (C=O) groups excluding carboxylic acids is 2. The van der Waals surface area contributed by atoms with Crippen molar-refractivity contribution in [3.8, 4) is 0 Å². The molecule has 2 aromatic carbocycles. The number of allylic oxidation sites excluding steroid dienone is 1. The fourth-order valence-corrected chi connectivity index (χ4v) is 4.92. The van der Waals surface area contributed by atoms with Crippen molar-refractivity contribution in [1.82, 2.24) is 0 Å². The quantitative estimate of drug-likeness (QED) is 0.445. The molecule has 1 atom stereocenters. The van der Waals surface area contributed by atoms with Crippen molar-refractivity contribution in [3.05, 3.63) is 94.0 Å². The largest absolute Gasteiger partial charge is 0.467 e. The number of Topliss-reactive ketones (excluding diaryl/α,β-unsaturated/α-hetero) is 1. The van der Waals surface area contributed by atoms with Gasteiger partial charge in [0.25, 0.3) is 5.91 Å². The Morgan fingerprint density at radius 3 is 2.53 bits per heavy atom. The summed E-state index contributed by atoms with van der Waals surface area (Å²) in [6.07, 6.45) is 2.71. The first-order valence-corrected chi connectivity index (χ1v) is 11.4. The molecule has 2 aliphatic rings. The van der Waals surface area contributed by atoms with Crippen LogP contribution in [0.2, 0.25) is 0 Å². The van der Waals surface area contributed by atoms with Gasteiger partial charge in [0.1, 0.15) is 11.8 Å². The second-order valence-corrected chi connectivity index (χ2v) is 9.99. The maximum absolute atomic E-state index is 13.9. The van der Waals surface area contributed by atoms with E-state index in [0.29, 0.717) is 35.4 Å². The summed E-state index contributed by atoms with van der Waals surface area (Å²) in [5.74, 6) is 0.403. The first-order valence-electron chi connectivity index (χ1n) is 10.6. The van der Waals surface area contributed by atoms with E-state index in [0.717, 1.165) is 15.9 Å². The SMILES string of the molecule is CC1(C)CC(=O)C2=C(C1)Nc1ccccc1N(C(=O)c1ccc(Br)cc1)C2c1ccco1. The maximum Gasteiger partial charge on any atom is 0.259 e. The smallest absolute Gasteiger partial charge is 0.259 e. The number of hydrogen-bond acceptors (Lipinski definition) is 4. The summed E-state index contributed by atoms with van der Waals surface area (Å²) < 4.78 is 6.71. The number of para-hydroxylation sites is 2. The molecule has 0 radical (unpaired) electrons. The van der Waals surface area contributed by atoms with Crippen molar-refractivity contribution in [2.24, 2.45) is 5.41 Å². The highest BCUT2D eigenvalue weighted by Gasteiger charge is 2.44. The van der Waals surface area contributed by atoms with E-state index >= 15 is 0 Å². The molecule has 32 heavy (non-hydrogen) atoms. The number of hydrogen-bond donors (Lipinski definition) is 1. The molecule has 0 saturated heterocycles. The summed E-state index contributed by atoms with van der Waals surface area (Å²) in [6, 6.07) is 17.9. The van der Waals surface area contributed by atoms with Gasteiger partial charge in [0.15, 0.2) is 5.78 Å². The van der Waals surface area contributed by atoms with Gasteiger partial charge >= 0.3 is 0 Å². The van der Waals surface area contributed by atoms with Crippen LogP contribution < -0.4 is 10.2 Å². The lowest BCUT2D eigenvalue weighted by molar-refractivity contribution is -0.118. The van der Waals surface area contributed by atoms with E-state index in [1.807, 2.05) is 42.5 Å².